The molecule has 0 unspecified atom stereocenters. The molecule has 158 valence electrons. The molecule has 2 aromatic carbocycles. The van der Waals surface area contributed by atoms with Crippen molar-refractivity contribution in [1.82, 2.24) is 9.88 Å². The summed E-state index contributed by atoms with van der Waals surface area (Å²) in [5.74, 6) is -0.273. The van der Waals surface area contributed by atoms with Gasteiger partial charge < -0.3 is 4.90 Å². The molecular formula is C22H25N3O3S2. The van der Waals surface area contributed by atoms with Gasteiger partial charge in [0.05, 0.1) is 17.1 Å². The van der Waals surface area contributed by atoms with Gasteiger partial charge in [0.15, 0.2) is 0 Å². The van der Waals surface area contributed by atoms with E-state index in [0.29, 0.717) is 24.3 Å². The zero-order chi connectivity index (χ0) is 21.7. The predicted octanol–water partition coefficient (Wildman–Crippen LogP) is 4.00. The van der Waals surface area contributed by atoms with Crippen molar-refractivity contribution in [3.63, 3.8) is 0 Å². The zero-order valence-corrected chi connectivity index (χ0v) is 18.9. The third-order valence-electron chi connectivity index (χ3n) is 4.81. The first-order valence-corrected chi connectivity index (χ1v) is 12.0. The van der Waals surface area contributed by atoms with Crippen LogP contribution in [-0.4, -0.2) is 37.3 Å². The van der Waals surface area contributed by atoms with Crippen molar-refractivity contribution in [1.29, 1.82) is 0 Å². The van der Waals surface area contributed by atoms with Crippen molar-refractivity contribution in [3.05, 3.63) is 76.2 Å². The Morgan fingerprint density at radius 3 is 2.37 bits per heavy atom. The number of likely N-dealkylation sites (N-methyl/N-ethyl adjacent to an activating group) is 1. The number of aromatic nitrogens is 1. The minimum Gasteiger partial charge on any atom is -0.335 e. The SMILES string of the molecule is CCN(Cc1nccs1)C(=O)CN(c1ccc(C)cc1)S(=O)(=O)c1ccccc1C. The number of hydrogen-bond donors (Lipinski definition) is 0. The van der Waals surface area contributed by atoms with Gasteiger partial charge in [0.2, 0.25) is 5.91 Å². The van der Waals surface area contributed by atoms with Crippen molar-refractivity contribution in [2.75, 3.05) is 17.4 Å². The summed E-state index contributed by atoms with van der Waals surface area (Å²) in [6, 6.07) is 14.0. The Bertz CT molecular complexity index is 1090. The van der Waals surface area contributed by atoms with Crippen LogP contribution in [0.25, 0.3) is 0 Å². The summed E-state index contributed by atoms with van der Waals surface area (Å²) in [7, 11) is -3.92. The molecule has 0 aliphatic rings. The smallest absolute Gasteiger partial charge is 0.265 e. The number of thiazole rings is 1. The van der Waals surface area contributed by atoms with Gasteiger partial charge in [-0.15, -0.1) is 11.3 Å². The lowest BCUT2D eigenvalue weighted by molar-refractivity contribution is -0.129. The van der Waals surface area contributed by atoms with Crippen LogP contribution < -0.4 is 4.31 Å². The lowest BCUT2D eigenvalue weighted by atomic mass is 10.2. The number of amides is 1. The maximum Gasteiger partial charge on any atom is 0.265 e. The predicted molar refractivity (Wildman–Crippen MR) is 120 cm³/mol. The second-order valence-corrected chi connectivity index (χ2v) is 9.76. The van der Waals surface area contributed by atoms with Crippen LogP contribution in [0.5, 0.6) is 0 Å². The van der Waals surface area contributed by atoms with E-state index in [4.69, 9.17) is 0 Å². The summed E-state index contributed by atoms with van der Waals surface area (Å²) in [5, 5.41) is 2.67. The molecule has 0 aliphatic carbocycles. The first-order valence-electron chi connectivity index (χ1n) is 9.64. The van der Waals surface area contributed by atoms with Gasteiger partial charge in [-0.1, -0.05) is 35.9 Å². The molecule has 3 aromatic rings. The third-order valence-corrected chi connectivity index (χ3v) is 7.50. The van der Waals surface area contributed by atoms with E-state index < -0.39 is 10.0 Å². The molecule has 0 spiro atoms. The average Bonchev–Trinajstić information content (AvgIpc) is 3.24. The summed E-state index contributed by atoms with van der Waals surface area (Å²) in [6.45, 7) is 6.10. The molecule has 0 saturated carbocycles. The number of carbonyl (C=O) groups is 1. The van der Waals surface area contributed by atoms with Gasteiger partial charge in [-0.05, 0) is 44.5 Å². The van der Waals surface area contributed by atoms with E-state index in [0.717, 1.165) is 10.6 Å². The van der Waals surface area contributed by atoms with Gasteiger partial charge in [0.1, 0.15) is 11.6 Å². The van der Waals surface area contributed by atoms with Crippen LogP contribution in [0, 0.1) is 13.8 Å². The Balaban J connectivity index is 1.96. The Morgan fingerprint density at radius 1 is 1.07 bits per heavy atom. The number of rotatable bonds is 8. The Morgan fingerprint density at radius 2 is 1.77 bits per heavy atom. The van der Waals surface area contributed by atoms with Gasteiger partial charge in [-0.2, -0.15) is 0 Å². The number of nitrogens with zero attached hydrogens (tertiary/aromatic N) is 3. The maximum absolute atomic E-state index is 13.5. The van der Waals surface area contributed by atoms with Gasteiger partial charge in [-0.25, -0.2) is 13.4 Å². The fraction of sp³-hybridized carbons (Fsp3) is 0.273. The zero-order valence-electron chi connectivity index (χ0n) is 17.3. The fourth-order valence-electron chi connectivity index (χ4n) is 3.08. The largest absolute Gasteiger partial charge is 0.335 e. The lowest BCUT2D eigenvalue weighted by Gasteiger charge is -2.28. The molecular weight excluding hydrogens is 418 g/mol. The van der Waals surface area contributed by atoms with E-state index in [1.165, 1.54) is 15.6 Å². The Hall–Kier alpha value is -2.71. The molecule has 0 N–H and O–H groups in total. The highest BCUT2D eigenvalue weighted by Crippen LogP contribution is 2.26. The maximum atomic E-state index is 13.5. The van der Waals surface area contributed by atoms with Gasteiger partial charge in [0, 0.05) is 18.1 Å². The number of benzene rings is 2. The van der Waals surface area contributed by atoms with E-state index in [9.17, 15) is 13.2 Å². The monoisotopic (exact) mass is 443 g/mol. The molecule has 6 nitrogen and oxygen atoms in total. The minimum atomic E-state index is -3.92. The van der Waals surface area contributed by atoms with Crippen LogP contribution in [0.2, 0.25) is 0 Å². The second kappa shape index (κ2) is 9.40. The Labute approximate surface area is 181 Å². The fourth-order valence-corrected chi connectivity index (χ4v) is 5.36. The van der Waals surface area contributed by atoms with Crippen molar-refractivity contribution in [3.8, 4) is 0 Å². The van der Waals surface area contributed by atoms with Gasteiger partial charge in [0.25, 0.3) is 10.0 Å². The molecule has 0 bridgehead atoms. The van der Waals surface area contributed by atoms with Crippen LogP contribution in [0.3, 0.4) is 0 Å². The summed E-state index contributed by atoms with van der Waals surface area (Å²) >= 11 is 1.47. The molecule has 30 heavy (non-hydrogen) atoms. The average molecular weight is 444 g/mol. The molecule has 8 heteroatoms. The van der Waals surface area contributed by atoms with E-state index in [1.54, 1.807) is 54.4 Å². The van der Waals surface area contributed by atoms with E-state index in [1.807, 2.05) is 31.4 Å². The topological polar surface area (TPSA) is 70.6 Å². The molecule has 1 aromatic heterocycles. The first-order chi connectivity index (χ1) is 14.3. The standard InChI is InChI=1S/C22H25N3O3S2/c1-4-24(15-21-23-13-14-29-21)22(26)16-25(19-11-9-17(2)10-12-19)30(27,28)20-8-6-5-7-18(20)3/h5-14H,4,15-16H2,1-3H3. The summed E-state index contributed by atoms with van der Waals surface area (Å²) in [6.07, 6.45) is 1.69. The summed E-state index contributed by atoms with van der Waals surface area (Å²) < 4.78 is 28.3. The molecule has 0 aliphatic heterocycles. The number of sulfonamides is 1. The highest BCUT2D eigenvalue weighted by molar-refractivity contribution is 7.93. The Kier molecular flexibility index (Phi) is 6.89. The number of aryl methyl sites for hydroxylation is 2. The quantitative estimate of drug-likeness (QED) is 0.528. The normalized spacial score (nSPS) is 11.3. The van der Waals surface area contributed by atoms with Gasteiger partial charge >= 0.3 is 0 Å². The van der Waals surface area contributed by atoms with Crippen molar-refractivity contribution < 1.29 is 13.2 Å². The van der Waals surface area contributed by atoms with Crippen LogP contribution in [0.4, 0.5) is 5.69 Å². The van der Waals surface area contributed by atoms with Crippen LogP contribution in [0.1, 0.15) is 23.1 Å². The summed E-state index contributed by atoms with van der Waals surface area (Å²) in [5.41, 5.74) is 2.11. The lowest BCUT2D eigenvalue weighted by Crippen LogP contribution is -2.43. The minimum absolute atomic E-state index is 0.196. The highest BCUT2D eigenvalue weighted by Gasteiger charge is 2.30. The van der Waals surface area contributed by atoms with Crippen molar-refractivity contribution in [2.24, 2.45) is 0 Å². The molecule has 0 fully saturated rings. The van der Waals surface area contributed by atoms with Crippen LogP contribution in [-0.2, 0) is 21.4 Å². The van der Waals surface area contributed by atoms with Crippen molar-refractivity contribution >= 4 is 33.0 Å². The highest BCUT2D eigenvalue weighted by atomic mass is 32.2. The number of anilines is 1. The molecule has 1 heterocycles. The van der Waals surface area contributed by atoms with Crippen LogP contribution in [0.15, 0.2) is 65.0 Å². The molecule has 0 radical (unpaired) electrons. The third kappa shape index (κ3) is 4.88. The molecule has 3 rings (SSSR count). The number of carbonyl (C=O) groups excluding carboxylic acids is 1. The van der Waals surface area contributed by atoms with Gasteiger partial charge in [-0.3, -0.25) is 9.10 Å². The molecule has 0 atom stereocenters. The van der Waals surface area contributed by atoms with E-state index in [-0.39, 0.29) is 17.3 Å². The molecule has 1 amide bonds. The van der Waals surface area contributed by atoms with Crippen molar-refractivity contribution in [2.45, 2.75) is 32.2 Å². The molecule has 0 saturated heterocycles. The number of hydrogen-bond acceptors (Lipinski definition) is 5. The van der Waals surface area contributed by atoms with E-state index in [2.05, 4.69) is 4.98 Å². The second-order valence-electron chi connectivity index (χ2n) is 6.95. The van der Waals surface area contributed by atoms with Crippen LogP contribution >= 0.6 is 11.3 Å². The summed E-state index contributed by atoms with van der Waals surface area (Å²) in [4.78, 5) is 19.2. The van der Waals surface area contributed by atoms with E-state index >= 15 is 0 Å². The first kappa shape index (κ1) is 22.0.